The fourth-order valence-electron chi connectivity index (χ4n) is 4.70. The Morgan fingerprint density at radius 2 is 1.43 bits per heavy atom. The lowest BCUT2D eigenvalue weighted by molar-refractivity contribution is -0.0449. The van der Waals surface area contributed by atoms with Gasteiger partial charge in [-0.15, -0.1) is 6.58 Å². The fourth-order valence-corrected chi connectivity index (χ4v) is 6.39. The molecule has 5 atom stereocenters. The Kier molecular flexibility index (Phi) is 9.87. The Morgan fingerprint density at radius 1 is 0.875 bits per heavy atom. The predicted octanol–water partition coefficient (Wildman–Crippen LogP) is 4.25. The van der Waals surface area contributed by atoms with Gasteiger partial charge in [-0.2, -0.15) is 0 Å². The molecule has 1 fully saturated rings. The van der Waals surface area contributed by atoms with E-state index in [1.165, 1.54) is 12.1 Å². The third-order valence-electron chi connectivity index (χ3n) is 6.75. The highest BCUT2D eigenvalue weighted by molar-refractivity contribution is 7.91. The molecule has 0 amide bonds. The molecule has 1 heterocycles. The van der Waals surface area contributed by atoms with E-state index in [2.05, 4.69) is 6.58 Å². The van der Waals surface area contributed by atoms with Gasteiger partial charge in [0.05, 0.1) is 40.1 Å². The van der Waals surface area contributed by atoms with Crippen molar-refractivity contribution in [2.45, 2.75) is 42.2 Å². The second-order valence-corrected chi connectivity index (χ2v) is 11.6. The smallest absolute Gasteiger partial charge is 0.338 e. The summed E-state index contributed by atoms with van der Waals surface area (Å²) in [6, 6.07) is 24.8. The molecule has 3 aromatic rings. The molecule has 4 rings (SSSR count). The molecule has 0 bridgehead atoms. The minimum absolute atomic E-state index is 0.0165. The van der Waals surface area contributed by atoms with Gasteiger partial charge in [0, 0.05) is 12.3 Å². The molecule has 2 unspecified atom stereocenters. The maximum absolute atomic E-state index is 13.1. The average Bonchev–Trinajstić information content (AvgIpc) is 3.25. The number of benzene rings is 3. The maximum Gasteiger partial charge on any atom is 0.338 e. The van der Waals surface area contributed by atoms with Crippen molar-refractivity contribution in [1.29, 1.82) is 0 Å². The van der Waals surface area contributed by atoms with E-state index in [1.807, 2.05) is 0 Å². The van der Waals surface area contributed by atoms with E-state index in [9.17, 15) is 23.1 Å². The van der Waals surface area contributed by atoms with E-state index in [-0.39, 0.29) is 23.7 Å². The summed E-state index contributed by atoms with van der Waals surface area (Å²) in [6.45, 7) is 3.46. The molecular formula is C31H32O8S. The molecule has 0 spiro atoms. The summed E-state index contributed by atoms with van der Waals surface area (Å²) in [7, 11) is -3.72. The van der Waals surface area contributed by atoms with E-state index in [0.717, 1.165) is 0 Å². The molecule has 0 aromatic heterocycles. The van der Waals surface area contributed by atoms with Crippen LogP contribution in [0, 0.1) is 5.92 Å². The largest absolute Gasteiger partial charge is 0.458 e. The Balaban J connectivity index is 1.50. The van der Waals surface area contributed by atoms with Crippen molar-refractivity contribution in [2.24, 2.45) is 5.92 Å². The van der Waals surface area contributed by atoms with Crippen LogP contribution in [-0.2, 0) is 24.0 Å². The fraction of sp³-hybridized carbons (Fsp3) is 0.290. The first-order chi connectivity index (χ1) is 19.3. The summed E-state index contributed by atoms with van der Waals surface area (Å²) < 4.78 is 43.5. The number of carbonyl (C=O) groups excluding carboxylic acids is 2. The summed E-state index contributed by atoms with van der Waals surface area (Å²) in [6.07, 6.45) is -1.72. The molecule has 0 radical (unpaired) electrons. The molecule has 8 nitrogen and oxygen atoms in total. The molecule has 0 saturated carbocycles. The molecule has 0 aliphatic carbocycles. The van der Waals surface area contributed by atoms with Gasteiger partial charge in [-0.25, -0.2) is 18.0 Å². The summed E-state index contributed by atoms with van der Waals surface area (Å²) >= 11 is 0. The van der Waals surface area contributed by atoms with Crippen LogP contribution in [0.25, 0.3) is 0 Å². The average molecular weight is 565 g/mol. The molecule has 1 aliphatic heterocycles. The van der Waals surface area contributed by atoms with Crippen LogP contribution < -0.4 is 0 Å². The van der Waals surface area contributed by atoms with Gasteiger partial charge in [-0.05, 0) is 42.8 Å². The van der Waals surface area contributed by atoms with Crippen LogP contribution in [0.15, 0.2) is 109 Å². The highest BCUT2D eigenvalue weighted by atomic mass is 32.2. The third kappa shape index (κ3) is 7.44. The Labute approximate surface area is 234 Å². The van der Waals surface area contributed by atoms with Gasteiger partial charge in [0.25, 0.3) is 0 Å². The minimum atomic E-state index is -3.72. The first kappa shape index (κ1) is 29.2. The van der Waals surface area contributed by atoms with E-state index in [1.54, 1.807) is 84.9 Å². The summed E-state index contributed by atoms with van der Waals surface area (Å²) in [5, 5.41) is 11.2. The monoisotopic (exact) mass is 564 g/mol. The van der Waals surface area contributed by atoms with Crippen LogP contribution in [0.4, 0.5) is 0 Å². The van der Waals surface area contributed by atoms with E-state index in [4.69, 9.17) is 14.2 Å². The SMILES string of the molecule is C=CC[C@@H]1OC(C[C@@H](COC(=O)c2ccccc2)OC(=O)c2ccccc2)[C@H](O)C1CS(=O)(=O)c1ccccc1. The third-order valence-corrected chi connectivity index (χ3v) is 8.56. The second-order valence-electron chi connectivity index (χ2n) is 9.58. The van der Waals surface area contributed by atoms with Crippen molar-refractivity contribution >= 4 is 21.8 Å². The Hall–Kier alpha value is -3.79. The van der Waals surface area contributed by atoms with Crippen LogP contribution in [0.3, 0.4) is 0 Å². The lowest BCUT2D eigenvalue weighted by atomic mass is 9.94. The highest BCUT2D eigenvalue weighted by Gasteiger charge is 2.46. The number of sulfone groups is 1. The zero-order chi connectivity index (χ0) is 28.5. The summed E-state index contributed by atoms with van der Waals surface area (Å²) in [5.74, 6) is -2.29. The number of rotatable bonds is 12. The molecule has 40 heavy (non-hydrogen) atoms. The first-order valence-corrected chi connectivity index (χ1v) is 14.6. The van der Waals surface area contributed by atoms with E-state index >= 15 is 0 Å². The standard InChI is InChI=1S/C31H32O8S/c1-2-12-27-26(21-40(35,36)25-17-10-5-11-18-25)29(32)28(39-27)19-24(38-31(34)23-15-8-4-9-16-23)20-37-30(33)22-13-6-3-7-14-22/h2-11,13-18,24,26-29,32H,1,12,19-21H2/t24-,26?,27-,28?,29+/m0/s1. The number of carbonyl (C=O) groups is 2. The van der Waals surface area contributed by atoms with Gasteiger partial charge in [0.2, 0.25) is 0 Å². The van der Waals surface area contributed by atoms with Crippen molar-refractivity contribution in [2.75, 3.05) is 12.4 Å². The van der Waals surface area contributed by atoms with Gasteiger partial charge in [-0.3, -0.25) is 0 Å². The zero-order valence-corrected chi connectivity index (χ0v) is 22.7. The molecule has 9 heteroatoms. The van der Waals surface area contributed by atoms with Gasteiger partial charge in [-0.1, -0.05) is 60.7 Å². The highest BCUT2D eigenvalue weighted by Crippen LogP contribution is 2.34. The lowest BCUT2D eigenvalue weighted by Crippen LogP contribution is -2.36. The predicted molar refractivity (Wildman–Crippen MR) is 148 cm³/mol. The van der Waals surface area contributed by atoms with Gasteiger partial charge in [0.1, 0.15) is 12.7 Å². The number of ether oxygens (including phenoxy) is 3. The van der Waals surface area contributed by atoms with Crippen molar-refractivity contribution in [3.63, 3.8) is 0 Å². The number of esters is 2. The number of hydrogen-bond acceptors (Lipinski definition) is 8. The van der Waals surface area contributed by atoms with Crippen LogP contribution >= 0.6 is 0 Å². The Bertz CT molecular complexity index is 1380. The van der Waals surface area contributed by atoms with Crippen LogP contribution in [0.1, 0.15) is 33.6 Å². The summed E-state index contributed by atoms with van der Waals surface area (Å²) in [5.41, 5.74) is 0.649. The van der Waals surface area contributed by atoms with E-state index in [0.29, 0.717) is 17.5 Å². The first-order valence-electron chi connectivity index (χ1n) is 13.0. The number of hydrogen-bond donors (Lipinski definition) is 1. The van der Waals surface area contributed by atoms with Gasteiger partial charge >= 0.3 is 11.9 Å². The quantitative estimate of drug-likeness (QED) is 0.256. The molecule has 3 aromatic carbocycles. The maximum atomic E-state index is 13.1. The minimum Gasteiger partial charge on any atom is -0.458 e. The summed E-state index contributed by atoms with van der Waals surface area (Å²) in [4.78, 5) is 25.6. The van der Waals surface area contributed by atoms with Crippen LogP contribution in [0.2, 0.25) is 0 Å². The van der Waals surface area contributed by atoms with Gasteiger partial charge in [0.15, 0.2) is 9.84 Å². The van der Waals surface area contributed by atoms with Crippen molar-refractivity contribution in [1.82, 2.24) is 0 Å². The van der Waals surface area contributed by atoms with Crippen molar-refractivity contribution < 1.29 is 37.3 Å². The second kappa shape index (κ2) is 13.5. The molecule has 210 valence electrons. The Morgan fingerprint density at radius 3 is 2.00 bits per heavy atom. The van der Waals surface area contributed by atoms with Crippen molar-refractivity contribution in [3.8, 4) is 0 Å². The zero-order valence-electron chi connectivity index (χ0n) is 21.9. The molecule has 1 aliphatic rings. The van der Waals surface area contributed by atoms with Crippen molar-refractivity contribution in [3.05, 3.63) is 115 Å². The molecular weight excluding hydrogens is 532 g/mol. The van der Waals surface area contributed by atoms with Gasteiger partial charge < -0.3 is 19.3 Å². The van der Waals surface area contributed by atoms with Crippen LogP contribution in [-0.4, -0.2) is 62.2 Å². The number of aliphatic hydroxyl groups excluding tert-OH is 1. The van der Waals surface area contributed by atoms with Crippen LogP contribution in [0.5, 0.6) is 0 Å². The van der Waals surface area contributed by atoms with E-state index < -0.39 is 52.1 Å². The topological polar surface area (TPSA) is 116 Å². The molecule has 1 N–H and O–H groups in total. The lowest BCUT2D eigenvalue weighted by Gasteiger charge is -2.23. The molecule has 1 saturated heterocycles. The normalized spacial score (nSPS) is 21.3. The number of aliphatic hydroxyl groups is 1.